The van der Waals surface area contributed by atoms with Gasteiger partial charge >= 0.3 is 0 Å². The van der Waals surface area contributed by atoms with Gasteiger partial charge in [0, 0.05) is 12.6 Å². The Morgan fingerprint density at radius 3 is 2.78 bits per heavy atom. The molecule has 3 N–H and O–H groups in total. The fourth-order valence-corrected chi connectivity index (χ4v) is 2.94. The highest BCUT2D eigenvalue weighted by molar-refractivity contribution is 4.77. The van der Waals surface area contributed by atoms with E-state index in [-0.39, 0.29) is 0 Å². The van der Waals surface area contributed by atoms with Crippen LogP contribution in [0.3, 0.4) is 0 Å². The van der Waals surface area contributed by atoms with Crippen LogP contribution in [0.5, 0.6) is 0 Å². The third-order valence-corrected chi connectivity index (χ3v) is 4.22. The predicted octanol–water partition coefficient (Wildman–Crippen LogP) is 2.52. The number of hydrogen-bond donors (Lipinski definition) is 2. The largest absolute Gasteiger partial charge is 0.389 e. The van der Waals surface area contributed by atoms with Crippen molar-refractivity contribution in [3.05, 3.63) is 0 Å². The van der Waals surface area contributed by atoms with Crippen molar-refractivity contribution < 1.29 is 5.11 Å². The normalized spacial score (nSPS) is 25.0. The molecule has 0 aromatic carbocycles. The van der Waals surface area contributed by atoms with Gasteiger partial charge in [0.2, 0.25) is 0 Å². The zero-order valence-electron chi connectivity index (χ0n) is 12.3. The second-order valence-corrected chi connectivity index (χ2v) is 6.13. The van der Waals surface area contributed by atoms with E-state index in [4.69, 9.17) is 5.73 Å². The quantitative estimate of drug-likeness (QED) is 0.656. The Labute approximate surface area is 113 Å². The molecule has 1 rings (SSSR count). The molecule has 0 spiro atoms. The second kappa shape index (κ2) is 8.13. The number of unbranched alkanes of at least 4 members (excludes halogenated alkanes) is 1. The molecule has 1 fully saturated rings. The summed E-state index contributed by atoms with van der Waals surface area (Å²) < 4.78 is 0. The zero-order chi connectivity index (χ0) is 13.4. The summed E-state index contributed by atoms with van der Waals surface area (Å²) in [5.74, 6) is 0. The van der Waals surface area contributed by atoms with Gasteiger partial charge in [-0.25, -0.2) is 0 Å². The molecule has 0 bridgehead atoms. The molecule has 0 aromatic rings. The van der Waals surface area contributed by atoms with Crippen LogP contribution < -0.4 is 5.73 Å². The fourth-order valence-electron chi connectivity index (χ4n) is 2.94. The average molecular weight is 256 g/mol. The standard InChI is InChI=1S/C15H32N2O/c1-3-8-14-9-4-6-11-17(14)12-7-5-10-15(2,18)13-16/h14,18H,3-13,16H2,1-2H3. The highest BCUT2D eigenvalue weighted by atomic mass is 16.3. The molecule has 0 aliphatic carbocycles. The van der Waals surface area contributed by atoms with Crippen molar-refractivity contribution in [3.63, 3.8) is 0 Å². The fraction of sp³-hybridized carbons (Fsp3) is 1.00. The summed E-state index contributed by atoms with van der Waals surface area (Å²) in [6, 6.07) is 0.818. The molecule has 0 aromatic heterocycles. The number of piperidine rings is 1. The van der Waals surface area contributed by atoms with Crippen LogP contribution in [0, 0.1) is 0 Å². The molecule has 1 heterocycles. The van der Waals surface area contributed by atoms with Crippen LogP contribution in [0.2, 0.25) is 0 Å². The van der Waals surface area contributed by atoms with Gasteiger partial charge in [-0.3, -0.25) is 0 Å². The summed E-state index contributed by atoms with van der Waals surface area (Å²) in [6.45, 7) is 6.97. The summed E-state index contributed by atoms with van der Waals surface area (Å²) >= 11 is 0. The molecular weight excluding hydrogens is 224 g/mol. The van der Waals surface area contributed by atoms with Gasteiger partial charge in [0.05, 0.1) is 5.60 Å². The smallest absolute Gasteiger partial charge is 0.0741 e. The van der Waals surface area contributed by atoms with E-state index in [1.165, 1.54) is 51.6 Å². The van der Waals surface area contributed by atoms with Crippen molar-refractivity contribution in [1.82, 2.24) is 4.90 Å². The number of nitrogens with two attached hydrogens (primary N) is 1. The number of nitrogens with zero attached hydrogens (tertiary/aromatic N) is 1. The molecule has 3 heteroatoms. The minimum Gasteiger partial charge on any atom is -0.389 e. The van der Waals surface area contributed by atoms with Gasteiger partial charge in [-0.1, -0.05) is 19.8 Å². The van der Waals surface area contributed by atoms with E-state index >= 15 is 0 Å². The lowest BCUT2D eigenvalue weighted by atomic mass is 9.96. The van der Waals surface area contributed by atoms with Crippen molar-refractivity contribution in [1.29, 1.82) is 0 Å². The van der Waals surface area contributed by atoms with Crippen LogP contribution in [0.4, 0.5) is 0 Å². The first kappa shape index (κ1) is 15.9. The van der Waals surface area contributed by atoms with Crippen LogP contribution in [-0.4, -0.2) is 41.3 Å². The zero-order valence-corrected chi connectivity index (χ0v) is 12.3. The number of aliphatic hydroxyl groups is 1. The molecule has 18 heavy (non-hydrogen) atoms. The van der Waals surface area contributed by atoms with Crippen molar-refractivity contribution in [3.8, 4) is 0 Å². The maximum absolute atomic E-state index is 9.86. The number of hydrogen-bond acceptors (Lipinski definition) is 3. The van der Waals surface area contributed by atoms with Crippen LogP contribution in [-0.2, 0) is 0 Å². The predicted molar refractivity (Wildman–Crippen MR) is 77.6 cm³/mol. The average Bonchev–Trinajstić information content (AvgIpc) is 2.37. The van der Waals surface area contributed by atoms with E-state index in [0.717, 1.165) is 18.9 Å². The molecule has 0 radical (unpaired) electrons. The minimum atomic E-state index is -0.662. The maximum atomic E-state index is 9.86. The summed E-state index contributed by atoms with van der Waals surface area (Å²) in [4.78, 5) is 2.67. The van der Waals surface area contributed by atoms with E-state index in [0.29, 0.717) is 6.54 Å². The second-order valence-electron chi connectivity index (χ2n) is 6.13. The van der Waals surface area contributed by atoms with Gasteiger partial charge in [0.1, 0.15) is 0 Å². The molecule has 1 aliphatic rings. The third kappa shape index (κ3) is 5.68. The van der Waals surface area contributed by atoms with Gasteiger partial charge in [-0.2, -0.15) is 0 Å². The highest BCUT2D eigenvalue weighted by Gasteiger charge is 2.21. The first-order chi connectivity index (χ1) is 8.59. The molecule has 0 amide bonds. The Balaban J connectivity index is 2.20. The third-order valence-electron chi connectivity index (χ3n) is 4.22. The van der Waals surface area contributed by atoms with E-state index < -0.39 is 5.60 Å². The molecule has 108 valence electrons. The molecule has 2 atom stereocenters. The van der Waals surface area contributed by atoms with Crippen LogP contribution in [0.1, 0.15) is 65.2 Å². The Kier molecular flexibility index (Phi) is 7.20. The first-order valence-corrected chi connectivity index (χ1v) is 7.75. The lowest BCUT2D eigenvalue weighted by molar-refractivity contribution is 0.0549. The summed E-state index contributed by atoms with van der Waals surface area (Å²) in [7, 11) is 0. The topological polar surface area (TPSA) is 49.5 Å². The van der Waals surface area contributed by atoms with E-state index in [9.17, 15) is 5.11 Å². The Bertz CT molecular complexity index is 217. The first-order valence-electron chi connectivity index (χ1n) is 7.75. The number of rotatable bonds is 8. The van der Waals surface area contributed by atoms with Gasteiger partial charge in [-0.05, 0) is 58.5 Å². The lowest BCUT2D eigenvalue weighted by Gasteiger charge is -2.36. The van der Waals surface area contributed by atoms with Crippen molar-refractivity contribution in [2.75, 3.05) is 19.6 Å². The molecular formula is C15H32N2O. The van der Waals surface area contributed by atoms with Crippen molar-refractivity contribution >= 4 is 0 Å². The number of likely N-dealkylation sites (tertiary alicyclic amines) is 1. The van der Waals surface area contributed by atoms with Crippen molar-refractivity contribution in [2.24, 2.45) is 5.73 Å². The minimum absolute atomic E-state index is 0.370. The lowest BCUT2D eigenvalue weighted by Crippen LogP contribution is -2.40. The van der Waals surface area contributed by atoms with Crippen molar-refractivity contribution in [2.45, 2.75) is 76.9 Å². The molecule has 3 nitrogen and oxygen atoms in total. The molecule has 0 saturated carbocycles. The van der Waals surface area contributed by atoms with Gasteiger partial charge in [0.15, 0.2) is 0 Å². The van der Waals surface area contributed by atoms with E-state index in [2.05, 4.69) is 11.8 Å². The summed E-state index contributed by atoms with van der Waals surface area (Å²) in [5.41, 5.74) is 4.87. The van der Waals surface area contributed by atoms with Gasteiger partial charge in [0.25, 0.3) is 0 Å². The maximum Gasteiger partial charge on any atom is 0.0741 e. The van der Waals surface area contributed by atoms with Crippen LogP contribution in [0.25, 0.3) is 0 Å². The van der Waals surface area contributed by atoms with Gasteiger partial charge < -0.3 is 15.7 Å². The Morgan fingerprint density at radius 1 is 1.33 bits per heavy atom. The summed E-state index contributed by atoms with van der Waals surface area (Å²) in [5, 5.41) is 9.86. The summed E-state index contributed by atoms with van der Waals surface area (Å²) in [6.07, 6.45) is 9.90. The molecule has 2 unspecified atom stereocenters. The Hall–Kier alpha value is -0.120. The van der Waals surface area contributed by atoms with E-state index in [1.807, 2.05) is 6.92 Å². The van der Waals surface area contributed by atoms with Crippen LogP contribution >= 0.6 is 0 Å². The van der Waals surface area contributed by atoms with E-state index in [1.54, 1.807) is 0 Å². The molecule has 1 aliphatic heterocycles. The Morgan fingerprint density at radius 2 is 2.11 bits per heavy atom. The highest BCUT2D eigenvalue weighted by Crippen LogP contribution is 2.21. The van der Waals surface area contributed by atoms with Crippen LogP contribution in [0.15, 0.2) is 0 Å². The SMILES string of the molecule is CCCC1CCCCN1CCCCC(C)(O)CN. The monoisotopic (exact) mass is 256 g/mol. The molecule has 1 saturated heterocycles. The van der Waals surface area contributed by atoms with Gasteiger partial charge in [-0.15, -0.1) is 0 Å².